The van der Waals surface area contributed by atoms with E-state index in [9.17, 15) is 4.79 Å². The molecule has 0 bridgehead atoms. The Kier molecular flexibility index (Phi) is 3.75. The van der Waals surface area contributed by atoms with Crippen molar-refractivity contribution in [1.29, 1.82) is 0 Å². The van der Waals surface area contributed by atoms with Gasteiger partial charge in [-0.1, -0.05) is 19.1 Å². The fourth-order valence-electron chi connectivity index (χ4n) is 2.36. The number of rotatable bonds is 4. The lowest BCUT2D eigenvalue weighted by atomic mass is 9.88. The molecule has 2 heterocycles. The van der Waals surface area contributed by atoms with Gasteiger partial charge in [0.2, 0.25) is 5.91 Å². The summed E-state index contributed by atoms with van der Waals surface area (Å²) < 4.78 is 5.20. The Morgan fingerprint density at radius 1 is 1.38 bits per heavy atom. The Hall–Kier alpha value is -2.14. The van der Waals surface area contributed by atoms with Gasteiger partial charge in [0.05, 0.1) is 0 Å². The summed E-state index contributed by atoms with van der Waals surface area (Å²) in [6.45, 7) is 5.65. The Morgan fingerprint density at radius 3 is 2.62 bits per heavy atom. The monoisotopic (exact) mass is 285 g/mol. The lowest BCUT2D eigenvalue weighted by Gasteiger charge is -2.31. The van der Waals surface area contributed by atoms with Crippen molar-refractivity contribution < 1.29 is 9.21 Å². The van der Waals surface area contributed by atoms with Gasteiger partial charge in [0.25, 0.3) is 0 Å². The van der Waals surface area contributed by atoms with Crippen LogP contribution in [0.4, 0.5) is 5.69 Å². The summed E-state index contributed by atoms with van der Waals surface area (Å²) in [5, 5.41) is 6.16. The molecule has 1 aromatic carbocycles. The molecule has 1 aliphatic rings. The molecule has 0 spiro atoms. The average Bonchev–Trinajstić information content (AvgIpc) is 2.84. The van der Waals surface area contributed by atoms with Gasteiger partial charge < -0.3 is 15.1 Å². The van der Waals surface area contributed by atoms with Crippen LogP contribution in [0.25, 0.3) is 11.3 Å². The minimum absolute atomic E-state index is 0.0316. The van der Waals surface area contributed by atoms with Gasteiger partial charge in [-0.2, -0.15) is 0 Å². The molecule has 0 aliphatic carbocycles. The van der Waals surface area contributed by atoms with Crippen LogP contribution in [0.1, 0.15) is 12.8 Å². The van der Waals surface area contributed by atoms with Crippen LogP contribution >= 0.6 is 0 Å². The summed E-state index contributed by atoms with van der Waals surface area (Å²) in [5.41, 5.74) is 2.59. The number of carbonyl (C=O) groups excluding carboxylic acids is 1. The molecule has 1 fully saturated rings. The van der Waals surface area contributed by atoms with Gasteiger partial charge in [-0.3, -0.25) is 4.79 Å². The Labute approximate surface area is 123 Å². The van der Waals surface area contributed by atoms with Crippen molar-refractivity contribution in [3.8, 4) is 11.3 Å². The first-order chi connectivity index (χ1) is 10.1. The van der Waals surface area contributed by atoms with Crippen LogP contribution in [0.2, 0.25) is 0 Å². The minimum Gasteiger partial charge on any atom is -0.449 e. The molecule has 110 valence electrons. The summed E-state index contributed by atoms with van der Waals surface area (Å²) in [4.78, 5) is 16.4. The highest BCUT2D eigenvalue weighted by Crippen LogP contribution is 2.22. The zero-order chi connectivity index (χ0) is 14.8. The summed E-state index contributed by atoms with van der Waals surface area (Å²) in [5.74, 6) is 1.20. The van der Waals surface area contributed by atoms with E-state index in [0.717, 1.165) is 30.0 Å². The molecule has 2 aromatic rings. The van der Waals surface area contributed by atoms with Crippen LogP contribution in [0, 0.1) is 18.8 Å². The first kappa shape index (κ1) is 13.8. The highest BCUT2D eigenvalue weighted by atomic mass is 16.3. The normalized spacial score (nSPS) is 16.3. The van der Waals surface area contributed by atoms with E-state index in [2.05, 4.69) is 15.6 Å². The summed E-state index contributed by atoms with van der Waals surface area (Å²) in [6, 6.07) is 7.65. The minimum atomic E-state index is 0.0316. The van der Waals surface area contributed by atoms with Crippen molar-refractivity contribution in [3.05, 3.63) is 36.4 Å². The number of hydrogen-bond acceptors (Lipinski definition) is 4. The number of aryl methyl sites for hydroxylation is 1. The molecule has 1 saturated heterocycles. The van der Waals surface area contributed by atoms with E-state index >= 15 is 0 Å². The maximum atomic E-state index is 12.1. The van der Waals surface area contributed by atoms with E-state index in [4.69, 9.17) is 4.42 Å². The fraction of sp³-hybridized carbons (Fsp3) is 0.375. The largest absolute Gasteiger partial charge is 0.449 e. The molecule has 2 N–H and O–H groups in total. The van der Waals surface area contributed by atoms with Crippen molar-refractivity contribution in [3.63, 3.8) is 0 Å². The van der Waals surface area contributed by atoms with Crippen LogP contribution in [-0.2, 0) is 4.79 Å². The number of oxazole rings is 1. The van der Waals surface area contributed by atoms with E-state index in [1.54, 1.807) is 6.26 Å². The Morgan fingerprint density at radius 2 is 2.10 bits per heavy atom. The predicted octanol–water partition coefficient (Wildman–Crippen LogP) is 2.44. The van der Waals surface area contributed by atoms with Crippen LogP contribution in [-0.4, -0.2) is 24.0 Å². The summed E-state index contributed by atoms with van der Waals surface area (Å²) in [6.07, 6.45) is 1.63. The van der Waals surface area contributed by atoms with Crippen LogP contribution in [0.15, 0.2) is 34.9 Å². The predicted molar refractivity (Wildman–Crippen MR) is 80.8 cm³/mol. The number of carbonyl (C=O) groups is 1. The summed E-state index contributed by atoms with van der Waals surface area (Å²) >= 11 is 0. The lowest BCUT2D eigenvalue weighted by Crippen LogP contribution is -2.48. The lowest BCUT2D eigenvalue weighted by molar-refractivity contribution is -0.121. The molecule has 1 amide bonds. The Balaban J connectivity index is 1.65. The zero-order valence-electron chi connectivity index (χ0n) is 12.2. The van der Waals surface area contributed by atoms with Crippen molar-refractivity contribution >= 4 is 11.6 Å². The first-order valence-corrected chi connectivity index (χ1v) is 7.17. The third-order valence-corrected chi connectivity index (χ3v) is 4.00. The highest BCUT2D eigenvalue weighted by Gasteiger charge is 2.28. The Bertz CT molecular complexity index is 629. The van der Waals surface area contributed by atoms with E-state index in [1.807, 2.05) is 38.1 Å². The quantitative estimate of drug-likeness (QED) is 0.905. The molecule has 5 nitrogen and oxygen atoms in total. The number of nitrogens with one attached hydrogen (secondary N) is 2. The first-order valence-electron chi connectivity index (χ1n) is 7.17. The average molecular weight is 285 g/mol. The van der Waals surface area contributed by atoms with Crippen LogP contribution < -0.4 is 10.6 Å². The van der Waals surface area contributed by atoms with Gasteiger partial charge >= 0.3 is 0 Å². The van der Waals surface area contributed by atoms with Gasteiger partial charge in [-0.15, -0.1) is 0 Å². The molecule has 5 heteroatoms. The van der Waals surface area contributed by atoms with Crippen LogP contribution in [0.3, 0.4) is 0 Å². The number of anilines is 1. The highest BCUT2D eigenvalue weighted by molar-refractivity contribution is 5.92. The SMILES string of the molecule is Cc1nc(-c2ccc(NC(=O)C(C)C3CNC3)cc2)co1. The molecule has 0 radical (unpaired) electrons. The maximum Gasteiger partial charge on any atom is 0.227 e. The van der Waals surface area contributed by atoms with Crippen molar-refractivity contribution in [2.45, 2.75) is 13.8 Å². The molecule has 3 rings (SSSR count). The zero-order valence-corrected chi connectivity index (χ0v) is 12.2. The van der Waals surface area contributed by atoms with E-state index in [1.165, 1.54) is 0 Å². The van der Waals surface area contributed by atoms with E-state index in [-0.39, 0.29) is 11.8 Å². The molecular weight excluding hydrogens is 266 g/mol. The third kappa shape index (κ3) is 2.97. The van der Waals surface area contributed by atoms with E-state index in [0.29, 0.717) is 11.8 Å². The van der Waals surface area contributed by atoms with Crippen molar-refractivity contribution in [2.75, 3.05) is 18.4 Å². The van der Waals surface area contributed by atoms with Gasteiger partial charge in [-0.25, -0.2) is 4.98 Å². The van der Waals surface area contributed by atoms with Gasteiger partial charge in [0.1, 0.15) is 12.0 Å². The third-order valence-electron chi connectivity index (χ3n) is 4.00. The molecule has 1 atom stereocenters. The van der Waals surface area contributed by atoms with Crippen LogP contribution in [0.5, 0.6) is 0 Å². The number of benzene rings is 1. The number of amides is 1. The van der Waals surface area contributed by atoms with Gasteiger partial charge in [0, 0.05) is 24.1 Å². The second-order valence-electron chi connectivity index (χ2n) is 5.53. The number of hydrogen-bond donors (Lipinski definition) is 2. The van der Waals surface area contributed by atoms with E-state index < -0.39 is 0 Å². The molecule has 1 aliphatic heterocycles. The molecule has 0 saturated carbocycles. The maximum absolute atomic E-state index is 12.1. The van der Waals surface area contributed by atoms with Crippen molar-refractivity contribution in [2.24, 2.45) is 11.8 Å². The summed E-state index contributed by atoms with van der Waals surface area (Å²) in [7, 11) is 0. The smallest absolute Gasteiger partial charge is 0.227 e. The molecular formula is C16H19N3O2. The molecule has 1 aromatic heterocycles. The second kappa shape index (κ2) is 5.69. The molecule has 1 unspecified atom stereocenters. The standard InChI is InChI=1S/C16H19N3O2/c1-10(13-7-17-8-13)16(20)19-14-5-3-12(4-6-14)15-9-21-11(2)18-15/h3-6,9-10,13,17H,7-8H2,1-2H3,(H,19,20). The topological polar surface area (TPSA) is 67.2 Å². The number of nitrogens with zero attached hydrogens (tertiary/aromatic N) is 1. The second-order valence-corrected chi connectivity index (χ2v) is 5.53. The number of aromatic nitrogens is 1. The van der Waals surface area contributed by atoms with Gasteiger partial charge in [0.15, 0.2) is 5.89 Å². The van der Waals surface area contributed by atoms with Gasteiger partial charge in [-0.05, 0) is 31.1 Å². The van der Waals surface area contributed by atoms with Crippen molar-refractivity contribution in [1.82, 2.24) is 10.3 Å². The fourth-order valence-corrected chi connectivity index (χ4v) is 2.36. The molecule has 21 heavy (non-hydrogen) atoms.